The van der Waals surface area contributed by atoms with Gasteiger partial charge in [-0.25, -0.2) is 16.8 Å². The van der Waals surface area contributed by atoms with Crippen LogP contribution in [0.3, 0.4) is 0 Å². The number of anilines is 2. The summed E-state index contributed by atoms with van der Waals surface area (Å²) in [6.45, 7) is 4.98. The van der Waals surface area contributed by atoms with Crippen LogP contribution in [0, 0.1) is 13.8 Å². The summed E-state index contributed by atoms with van der Waals surface area (Å²) in [5, 5.41) is 2.52. The Morgan fingerprint density at radius 2 is 1.46 bits per heavy atom. The predicted octanol–water partition coefficient (Wildman–Crippen LogP) is 2.69. The molecule has 0 atom stereocenters. The normalized spacial score (nSPS) is 11.5. The molecule has 0 saturated carbocycles. The van der Waals surface area contributed by atoms with E-state index in [1.165, 1.54) is 49.4 Å². The van der Waals surface area contributed by atoms with Crippen LogP contribution in [0.25, 0.3) is 0 Å². The lowest BCUT2D eigenvalue weighted by molar-refractivity contribution is -0.114. The van der Waals surface area contributed by atoms with E-state index in [9.17, 15) is 26.4 Å². The molecule has 4 N–H and O–H groups in total. The SMILES string of the molecule is CC(=O)Nc1ccc(S(=O)(=O)NNC(=O)c2cccc(S(=O)(=O)Nc3ccc(C)cc3C)c2)cc1. The molecule has 3 aromatic rings. The number of carbonyl (C=O) groups excluding carboxylic acids is 2. The molecule has 0 spiro atoms. The average Bonchev–Trinajstić information content (AvgIpc) is 2.79. The van der Waals surface area contributed by atoms with E-state index in [-0.39, 0.29) is 21.3 Å². The molecule has 0 heterocycles. The van der Waals surface area contributed by atoms with Crippen molar-refractivity contribution >= 4 is 43.2 Å². The number of benzene rings is 3. The molecule has 12 heteroatoms. The highest BCUT2D eigenvalue weighted by Gasteiger charge is 2.19. The summed E-state index contributed by atoms with van der Waals surface area (Å²) in [4.78, 5) is 25.3. The van der Waals surface area contributed by atoms with Crippen molar-refractivity contribution in [1.82, 2.24) is 10.3 Å². The zero-order chi connectivity index (χ0) is 25.8. The highest BCUT2D eigenvalue weighted by atomic mass is 32.2. The van der Waals surface area contributed by atoms with Gasteiger partial charge in [-0.15, -0.1) is 4.83 Å². The van der Waals surface area contributed by atoms with E-state index in [0.29, 0.717) is 11.4 Å². The lowest BCUT2D eigenvalue weighted by Gasteiger charge is -2.12. The van der Waals surface area contributed by atoms with E-state index in [1.54, 1.807) is 19.1 Å². The Labute approximate surface area is 203 Å². The molecule has 35 heavy (non-hydrogen) atoms. The maximum absolute atomic E-state index is 12.8. The van der Waals surface area contributed by atoms with Crippen LogP contribution in [0.1, 0.15) is 28.4 Å². The van der Waals surface area contributed by atoms with Gasteiger partial charge in [0.1, 0.15) is 0 Å². The van der Waals surface area contributed by atoms with Crippen LogP contribution in [0.15, 0.2) is 76.5 Å². The van der Waals surface area contributed by atoms with Crippen LogP contribution in [0.5, 0.6) is 0 Å². The number of hydrogen-bond donors (Lipinski definition) is 4. The first kappa shape index (κ1) is 25.9. The summed E-state index contributed by atoms with van der Waals surface area (Å²) in [7, 11) is -8.12. The maximum atomic E-state index is 12.8. The molecular weight excluding hydrogens is 492 g/mol. The second-order valence-electron chi connectivity index (χ2n) is 7.72. The van der Waals surface area contributed by atoms with E-state index in [0.717, 1.165) is 17.2 Å². The van der Waals surface area contributed by atoms with Gasteiger partial charge in [-0.05, 0) is 67.9 Å². The summed E-state index contributed by atoms with van der Waals surface area (Å²) >= 11 is 0. The van der Waals surface area contributed by atoms with Crippen molar-refractivity contribution in [2.75, 3.05) is 10.0 Å². The van der Waals surface area contributed by atoms with E-state index in [1.807, 2.05) is 17.8 Å². The molecule has 3 aromatic carbocycles. The quantitative estimate of drug-likeness (QED) is 0.338. The van der Waals surface area contributed by atoms with Gasteiger partial charge < -0.3 is 5.32 Å². The van der Waals surface area contributed by atoms with Gasteiger partial charge >= 0.3 is 0 Å². The molecule has 0 aromatic heterocycles. The minimum absolute atomic E-state index is 0.0720. The third-order valence-corrected chi connectivity index (χ3v) is 7.44. The van der Waals surface area contributed by atoms with Gasteiger partial charge in [0.25, 0.3) is 26.0 Å². The summed E-state index contributed by atoms with van der Waals surface area (Å²) in [6.07, 6.45) is 0. The van der Waals surface area contributed by atoms with Crippen LogP contribution in [-0.4, -0.2) is 28.6 Å². The molecule has 0 unspecified atom stereocenters. The average molecular weight is 517 g/mol. The first-order valence-electron chi connectivity index (χ1n) is 10.3. The van der Waals surface area contributed by atoms with E-state index < -0.39 is 26.0 Å². The van der Waals surface area contributed by atoms with Gasteiger partial charge in [0.2, 0.25) is 5.91 Å². The van der Waals surface area contributed by atoms with E-state index >= 15 is 0 Å². The van der Waals surface area contributed by atoms with E-state index in [4.69, 9.17) is 0 Å². The molecule has 2 amide bonds. The van der Waals surface area contributed by atoms with Crippen molar-refractivity contribution < 1.29 is 26.4 Å². The second kappa shape index (κ2) is 10.3. The van der Waals surface area contributed by atoms with Crippen molar-refractivity contribution in [3.63, 3.8) is 0 Å². The first-order valence-corrected chi connectivity index (χ1v) is 13.2. The highest BCUT2D eigenvalue weighted by Crippen LogP contribution is 2.21. The van der Waals surface area contributed by atoms with Crippen LogP contribution in [0.4, 0.5) is 11.4 Å². The van der Waals surface area contributed by atoms with Crippen LogP contribution >= 0.6 is 0 Å². The fourth-order valence-corrected chi connectivity index (χ4v) is 5.12. The fourth-order valence-electron chi connectivity index (χ4n) is 3.10. The fraction of sp³-hybridized carbons (Fsp3) is 0.130. The molecule has 0 radical (unpaired) electrons. The van der Waals surface area contributed by atoms with Crippen LogP contribution in [0.2, 0.25) is 0 Å². The topological polar surface area (TPSA) is 151 Å². The van der Waals surface area contributed by atoms with Crippen LogP contribution in [-0.2, 0) is 24.8 Å². The standard InChI is InChI=1S/C23H24N4O6S2/c1-15-7-12-22(16(2)13-15)26-34(30,31)21-6-4-5-18(14-21)23(29)25-27-35(32,33)20-10-8-19(9-11-20)24-17(3)28/h4-14,26-27H,1-3H3,(H,24,28)(H,25,29). The number of hydrogen-bond acceptors (Lipinski definition) is 6. The molecule has 184 valence electrons. The summed E-state index contributed by atoms with van der Waals surface area (Å²) in [5.41, 5.74) is 4.53. The number of carbonyl (C=O) groups is 2. The molecule has 0 saturated heterocycles. The van der Waals surface area contributed by atoms with Gasteiger partial charge in [0.15, 0.2) is 0 Å². The largest absolute Gasteiger partial charge is 0.326 e. The Morgan fingerprint density at radius 1 is 0.771 bits per heavy atom. The molecule has 0 aliphatic heterocycles. The maximum Gasteiger partial charge on any atom is 0.266 e. The number of aryl methyl sites for hydroxylation is 2. The Hall–Kier alpha value is -3.74. The first-order chi connectivity index (χ1) is 16.4. The molecule has 0 bridgehead atoms. The van der Waals surface area contributed by atoms with Gasteiger partial charge in [-0.2, -0.15) is 0 Å². The molecular formula is C23H24N4O6S2. The van der Waals surface area contributed by atoms with Crippen LogP contribution < -0.4 is 20.3 Å². The molecule has 0 fully saturated rings. The molecule has 3 rings (SSSR count). The summed E-state index contributed by atoms with van der Waals surface area (Å²) in [5.74, 6) is -1.16. The Kier molecular flexibility index (Phi) is 7.58. The van der Waals surface area contributed by atoms with Crippen molar-refractivity contribution in [2.45, 2.75) is 30.6 Å². The number of nitrogens with one attached hydrogen (secondary N) is 4. The smallest absolute Gasteiger partial charge is 0.266 e. The second-order valence-corrected chi connectivity index (χ2v) is 11.1. The van der Waals surface area contributed by atoms with E-state index in [2.05, 4.69) is 15.5 Å². The van der Waals surface area contributed by atoms with Gasteiger partial charge in [0, 0.05) is 18.2 Å². The number of amides is 2. The molecule has 10 nitrogen and oxygen atoms in total. The number of rotatable bonds is 8. The number of hydrazine groups is 1. The lowest BCUT2D eigenvalue weighted by Crippen LogP contribution is -2.41. The zero-order valence-electron chi connectivity index (χ0n) is 19.1. The Morgan fingerprint density at radius 3 is 2.09 bits per heavy atom. The minimum Gasteiger partial charge on any atom is -0.326 e. The number of sulfonamides is 2. The van der Waals surface area contributed by atoms with Crippen molar-refractivity contribution in [3.8, 4) is 0 Å². The Balaban J connectivity index is 1.72. The highest BCUT2D eigenvalue weighted by molar-refractivity contribution is 7.92. The van der Waals surface area contributed by atoms with Gasteiger partial charge in [-0.3, -0.25) is 19.7 Å². The van der Waals surface area contributed by atoms with Crippen molar-refractivity contribution in [3.05, 3.63) is 83.4 Å². The van der Waals surface area contributed by atoms with Crippen molar-refractivity contribution in [1.29, 1.82) is 0 Å². The Bertz CT molecular complexity index is 1480. The van der Waals surface area contributed by atoms with Crippen molar-refractivity contribution in [2.24, 2.45) is 0 Å². The predicted molar refractivity (Wildman–Crippen MR) is 132 cm³/mol. The zero-order valence-corrected chi connectivity index (χ0v) is 20.7. The summed E-state index contributed by atoms with van der Waals surface area (Å²) in [6, 6.07) is 15.7. The minimum atomic E-state index is -4.12. The molecule has 0 aliphatic carbocycles. The lowest BCUT2D eigenvalue weighted by atomic mass is 10.1. The third kappa shape index (κ3) is 6.66. The third-order valence-electron chi connectivity index (χ3n) is 4.82. The van der Waals surface area contributed by atoms with Gasteiger partial charge in [-0.1, -0.05) is 23.8 Å². The summed E-state index contributed by atoms with van der Waals surface area (Å²) < 4.78 is 53.1. The van der Waals surface area contributed by atoms with Gasteiger partial charge in [0.05, 0.1) is 15.5 Å². The monoisotopic (exact) mass is 516 g/mol. The molecule has 0 aliphatic rings.